The first-order valence-corrected chi connectivity index (χ1v) is 19.1. The summed E-state index contributed by atoms with van der Waals surface area (Å²) in [4.78, 5) is 31.7. The normalized spacial score (nSPS) is 16.6. The van der Waals surface area contributed by atoms with Crippen LogP contribution in [0.15, 0.2) is 59.5 Å². The molecule has 1 fully saturated rings. The predicted molar refractivity (Wildman–Crippen MR) is 198 cm³/mol. The van der Waals surface area contributed by atoms with Crippen LogP contribution in [0.25, 0.3) is 0 Å². The van der Waals surface area contributed by atoms with E-state index in [1.54, 1.807) is 37.4 Å². The van der Waals surface area contributed by atoms with Gasteiger partial charge in [0.1, 0.15) is 6.04 Å². The van der Waals surface area contributed by atoms with Crippen LogP contribution in [0.4, 0.5) is 0 Å². The number of carbonyl (C=O) groups is 2. The maximum Gasteiger partial charge on any atom is 0.243 e. The number of amides is 2. The lowest BCUT2D eigenvalue weighted by Crippen LogP contribution is -2.48. The molecule has 2 unspecified atom stereocenters. The molecule has 3 aromatic carbocycles. The van der Waals surface area contributed by atoms with Gasteiger partial charge in [-0.05, 0) is 73.5 Å². The number of hydrogen-bond donors (Lipinski definition) is 1. The molecule has 3 aromatic rings. The van der Waals surface area contributed by atoms with Crippen LogP contribution >= 0.6 is 0 Å². The second kappa shape index (κ2) is 17.9. The number of ether oxygens (including phenoxy) is 6. The molecule has 1 N–H and O–H groups in total. The third-order valence-corrected chi connectivity index (χ3v) is 11.7. The quantitative estimate of drug-likeness (QED) is 0.204. The molecule has 15 heteroatoms. The lowest BCUT2D eigenvalue weighted by molar-refractivity contribution is -0.138. The van der Waals surface area contributed by atoms with Crippen LogP contribution in [-0.4, -0.2) is 121 Å². The highest BCUT2D eigenvalue weighted by atomic mass is 32.2. The van der Waals surface area contributed by atoms with Crippen molar-refractivity contribution >= 4 is 21.8 Å². The Morgan fingerprint density at radius 1 is 0.811 bits per heavy atom. The summed E-state index contributed by atoms with van der Waals surface area (Å²) < 4.78 is 63.3. The molecular weight excluding hydrogens is 705 g/mol. The van der Waals surface area contributed by atoms with E-state index in [0.717, 1.165) is 18.7 Å². The largest absolute Gasteiger partial charge is 0.493 e. The minimum absolute atomic E-state index is 0.00665. The predicted octanol–water partition coefficient (Wildman–Crippen LogP) is 3.35. The van der Waals surface area contributed by atoms with Crippen LogP contribution in [0.2, 0.25) is 0 Å². The minimum Gasteiger partial charge on any atom is -0.493 e. The summed E-state index contributed by atoms with van der Waals surface area (Å²) in [6, 6.07) is 13.5. The summed E-state index contributed by atoms with van der Waals surface area (Å²) in [5, 5.41) is 3.01. The van der Waals surface area contributed by atoms with Gasteiger partial charge in [-0.1, -0.05) is 26.0 Å². The summed E-state index contributed by atoms with van der Waals surface area (Å²) in [6.45, 7) is 6.97. The van der Waals surface area contributed by atoms with Crippen LogP contribution in [-0.2, 0) is 32.5 Å². The van der Waals surface area contributed by atoms with E-state index in [2.05, 4.69) is 24.1 Å². The molecule has 53 heavy (non-hydrogen) atoms. The van der Waals surface area contributed by atoms with Gasteiger partial charge in [-0.3, -0.25) is 9.59 Å². The van der Waals surface area contributed by atoms with Crippen LogP contribution in [0.5, 0.6) is 34.5 Å². The Morgan fingerprint density at radius 2 is 1.45 bits per heavy atom. The van der Waals surface area contributed by atoms with Crippen LogP contribution < -0.4 is 33.7 Å². The number of rotatable bonds is 18. The number of fused-ring (bicyclic) bond motifs is 1. The van der Waals surface area contributed by atoms with Gasteiger partial charge >= 0.3 is 0 Å². The number of likely N-dealkylation sites (N-methyl/N-ethyl adjacent to an activating group) is 1. The highest BCUT2D eigenvalue weighted by molar-refractivity contribution is 7.89. The standard InChI is InChI=1S/C38H50N4O10S/c1-7-40(8-2)18-16-39-38(44)30-22-28(24-41(30)37(43)21-27-10-13-33-36(20-27)52-25-51-33)42(17-15-26-9-12-31(47-3)34(19-26)49-5)53(45,46)29-11-14-32(48-4)35(23-29)50-6/h9-14,19-20,23,28,30H,7-8,15-18,21-22,24-25H2,1-6H3,(H,39,44). The van der Waals surface area contributed by atoms with Crippen molar-refractivity contribution in [3.8, 4) is 34.5 Å². The average molecular weight is 755 g/mol. The molecule has 0 bridgehead atoms. The second-order valence-corrected chi connectivity index (χ2v) is 14.6. The summed E-state index contributed by atoms with van der Waals surface area (Å²) in [5.74, 6) is 2.20. The summed E-state index contributed by atoms with van der Waals surface area (Å²) in [6.07, 6.45) is 0.401. The van der Waals surface area contributed by atoms with Gasteiger partial charge in [0.2, 0.25) is 28.6 Å². The lowest BCUT2D eigenvalue weighted by atomic mass is 10.1. The number of methoxy groups -OCH3 is 4. The highest BCUT2D eigenvalue weighted by Crippen LogP contribution is 2.36. The molecule has 5 rings (SSSR count). The molecule has 14 nitrogen and oxygen atoms in total. The Balaban J connectivity index is 1.48. The van der Waals surface area contributed by atoms with E-state index >= 15 is 0 Å². The third-order valence-electron chi connectivity index (χ3n) is 9.75. The zero-order valence-corrected chi connectivity index (χ0v) is 32.1. The number of likely N-dealkylation sites (tertiary alicyclic amines) is 1. The van der Waals surface area contributed by atoms with Crippen molar-refractivity contribution in [1.82, 2.24) is 19.4 Å². The molecule has 0 radical (unpaired) electrons. The van der Waals surface area contributed by atoms with E-state index in [0.29, 0.717) is 53.8 Å². The van der Waals surface area contributed by atoms with E-state index in [1.165, 1.54) is 42.7 Å². The first-order chi connectivity index (χ1) is 25.6. The van der Waals surface area contributed by atoms with Gasteiger partial charge in [0.05, 0.1) is 39.8 Å². The first kappa shape index (κ1) is 39.5. The van der Waals surface area contributed by atoms with Crippen molar-refractivity contribution < 1.29 is 46.4 Å². The first-order valence-electron chi connectivity index (χ1n) is 17.7. The maximum absolute atomic E-state index is 14.6. The van der Waals surface area contributed by atoms with E-state index in [-0.39, 0.29) is 55.2 Å². The van der Waals surface area contributed by atoms with Crippen LogP contribution in [0.3, 0.4) is 0 Å². The molecule has 2 aliphatic heterocycles. The molecule has 0 aliphatic carbocycles. The number of hydrogen-bond acceptors (Lipinski definition) is 11. The molecule has 1 saturated heterocycles. The average Bonchev–Trinajstić information content (AvgIpc) is 3.84. The third kappa shape index (κ3) is 9.08. The summed E-state index contributed by atoms with van der Waals surface area (Å²) in [5.41, 5.74) is 1.50. The fraction of sp³-hybridized carbons (Fsp3) is 0.474. The fourth-order valence-corrected chi connectivity index (χ4v) is 8.40. The summed E-state index contributed by atoms with van der Waals surface area (Å²) in [7, 11) is 1.79. The molecule has 0 aromatic heterocycles. The number of benzene rings is 3. The van der Waals surface area contributed by atoms with Gasteiger partial charge in [-0.25, -0.2) is 8.42 Å². The molecule has 2 amide bonds. The van der Waals surface area contributed by atoms with Crippen molar-refractivity contribution in [2.24, 2.45) is 0 Å². The smallest absolute Gasteiger partial charge is 0.243 e. The van der Waals surface area contributed by atoms with Gasteiger partial charge in [0.25, 0.3) is 0 Å². The number of nitrogens with zero attached hydrogens (tertiary/aromatic N) is 3. The molecule has 0 saturated carbocycles. The molecule has 288 valence electrons. The van der Waals surface area contributed by atoms with E-state index in [1.807, 2.05) is 12.1 Å². The van der Waals surface area contributed by atoms with Gasteiger partial charge in [-0.2, -0.15) is 4.31 Å². The molecular formula is C38H50N4O10S. The van der Waals surface area contributed by atoms with Gasteiger partial charge < -0.3 is 43.5 Å². The molecule has 2 atom stereocenters. The number of sulfonamides is 1. The van der Waals surface area contributed by atoms with Crippen molar-refractivity contribution in [3.63, 3.8) is 0 Å². The van der Waals surface area contributed by atoms with E-state index in [4.69, 9.17) is 28.4 Å². The van der Waals surface area contributed by atoms with Gasteiger partial charge in [0, 0.05) is 38.3 Å². The zero-order valence-electron chi connectivity index (χ0n) is 31.3. The van der Waals surface area contributed by atoms with Crippen molar-refractivity contribution in [1.29, 1.82) is 0 Å². The number of carbonyl (C=O) groups excluding carboxylic acids is 2. The lowest BCUT2D eigenvalue weighted by Gasteiger charge is -2.29. The van der Waals surface area contributed by atoms with Crippen molar-refractivity contribution in [2.45, 2.75) is 50.1 Å². The zero-order chi connectivity index (χ0) is 38.1. The monoisotopic (exact) mass is 754 g/mol. The SMILES string of the molecule is CCN(CC)CCNC(=O)C1CC(N(CCc2ccc(OC)c(OC)c2)S(=O)(=O)c2ccc(OC)c(OC)c2)CN1C(=O)Cc1ccc2c(c1)OCO2. The topological polar surface area (TPSA) is 145 Å². The molecule has 0 spiro atoms. The van der Waals surface area contributed by atoms with Crippen molar-refractivity contribution in [2.75, 3.05) is 74.5 Å². The van der Waals surface area contributed by atoms with Gasteiger partial charge in [0.15, 0.2) is 34.5 Å². The van der Waals surface area contributed by atoms with E-state index in [9.17, 15) is 18.0 Å². The van der Waals surface area contributed by atoms with Gasteiger partial charge in [-0.15, -0.1) is 0 Å². The van der Waals surface area contributed by atoms with E-state index < -0.39 is 22.1 Å². The van der Waals surface area contributed by atoms with Crippen molar-refractivity contribution in [3.05, 3.63) is 65.7 Å². The van der Waals surface area contributed by atoms with Crippen LogP contribution in [0, 0.1) is 0 Å². The maximum atomic E-state index is 14.6. The molecule has 2 aliphatic rings. The number of nitrogens with one attached hydrogen (secondary N) is 1. The summed E-state index contributed by atoms with van der Waals surface area (Å²) >= 11 is 0. The Morgan fingerprint density at radius 3 is 2.13 bits per heavy atom. The minimum atomic E-state index is -4.20. The Labute approximate surface area is 311 Å². The Bertz CT molecular complexity index is 1850. The molecule has 2 heterocycles. The fourth-order valence-electron chi connectivity index (χ4n) is 6.76. The van der Waals surface area contributed by atoms with Crippen LogP contribution in [0.1, 0.15) is 31.4 Å². The Kier molecular flexibility index (Phi) is 13.3. The second-order valence-electron chi connectivity index (χ2n) is 12.7. The Hall–Kier alpha value is -4.73. The highest BCUT2D eigenvalue weighted by Gasteiger charge is 2.45.